The molecule has 0 bridgehead atoms. The van der Waals surface area contributed by atoms with Crippen LogP contribution in [0.5, 0.6) is 0 Å². The van der Waals surface area contributed by atoms with Crippen molar-refractivity contribution in [2.45, 2.75) is 19.4 Å². The van der Waals surface area contributed by atoms with Crippen LogP contribution < -0.4 is 5.32 Å². The Morgan fingerprint density at radius 2 is 2.44 bits per heavy atom. The molecule has 0 spiro atoms. The Balaban J connectivity index is 1.59. The van der Waals surface area contributed by atoms with Gasteiger partial charge in [-0.05, 0) is 37.4 Å². The van der Waals surface area contributed by atoms with Gasteiger partial charge in [0.1, 0.15) is 11.5 Å². The Kier molecular flexibility index (Phi) is 2.50. The van der Waals surface area contributed by atoms with Gasteiger partial charge in [-0.15, -0.1) is 0 Å². The van der Waals surface area contributed by atoms with Gasteiger partial charge in [-0.25, -0.2) is 4.98 Å². The van der Waals surface area contributed by atoms with Crippen molar-refractivity contribution in [3.8, 4) is 11.5 Å². The number of imidazole rings is 1. The molecule has 0 unspecified atom stereocenters. The predicted molar refractivity (Wildman–Crippen MR) is 60.7 cm³/mol. The monoisotopic (exact) mass is 217 g/mol. The zero-order chi connectivity index (χ0) is 10.8. The molecule has 2 aromatic rings. The molecule has 1 fully saturated rings. The van der Waals surface area contributed by atoms with E-state index in [4.69, 9.17) is 4.42 Å². The first-order valence-corrected chi connectivity index (χ1v) is 5.70. The predicted octanol–water partition coefficient (Wildman–Crippen LogP) is 2.17. The van der Waals surface area contributed by atoms with E-state index in [1.165, 1.54) is 12.8 Å². The molecule has 84 valence electrons. The van der Waals surface area contributed by atoms with E-state index in [1.54, 1.807) is 6.26 Å². The van der Waals surface area contributed by atoms with Crippen LogP contribution in [-0.2, 0) is 6.54 Å². The first-order valence-electron chi connectivity index (χ1n) is 5.70. The topological polar surface area (TPSA) is 53.9 Å². The second-order valence-electron chi connectivity index (χ2n) is 4.30. The number of hydrogen-bond donors (Lipinski definition) is 2. The highest BCUT2D eigenvalue weighted by molar-refractivity contribution is 5.50. The molecule has 4 heteroatoms. The third kappa shape index (κ3) is 2.17. The molecule has 0 saturated heterocycles. The van der Waals surface area contributed by atoms with Crippen molar-refractivity contribution in [1.82, 2.24) is 15.3 Å². The number of H-pyrrole nitrogens is 1. The van der Waals surface area contributed by atoms with E-state index in [0.29, 0.717) is 0 Å². The highest BCUT2D eigenvalue weighted by atomic mass is 16.3. The lowest BCUT2D eigenvalue weighted by Gasteiger charge is -1.99. The van der Waals surface area contributed by atoms with E-state index < -0.39 is 0 Å². The molecule has 2 heterocycles. The maximum atomic E-state index is 5.29. The van der Waals surface area contributed by atoms with Gasteiger partial charge in [0.15, 0.2) is 5.76 Å². The van der Waals surface area contributed by atoms with Gasteiger partial charge < -0.3 is 14.7 Å². The maximum absolute atomic E-state index is 5.29. The Morgan fingerprint density at radius 3 is 3.19 bits per heavy atom. The van der Waals surface area contributed by atoms with Crippen molar-refractivity contribution in [3.05, 3.63) is 30.4 Å². The Hall–Kier alpha value is -1.55. The highest BCUT2D eigenvalue weighted by Crippen LogP contribution is 2.27. The van der Waals surface area contributed by atoms with Gasteiger partial charge in [0.25, 0.3) is 0 Å². The second-order valence-corrected chi connectivity index (χ2v) is 4.30. The number of hydrogen-bond acceptors (Lipinski definition) is 3. The molecule has 0 radical (unpaired) electrons. The Labute approximate surface area is 94.1 Å². The molecule has 2 aromatic heterocycles. The van der Waals surface area contributed by atoms with Crippen LogP contribution >= 0.6 is 0 Å². The highest BCUT2D eigenvalue weighted by Gasteiger charge is 2.20. The van der Waals surface area contributed by atoms with Crippen molar-refractivity contribution in [1.29, 1.82) is 0 Å². The molecule has 2 N–H and O–H groups in total. The number of furan rings is 1. The van der Waals surface area contributed by atoms with E-state index in [1.807, 2.05) is 18.3 Å². The van der Waals surface area contributed by atoms with Crippen LogP contribution in [0, 0.1) is 5.92 Å². The Morgan fingerprint density at radius 1 is 1.50 bits per heavy atom. The summed E-state index contributed by atoms with van der Waals surface area (Å²) in [5, 5.41) is 3.40. The normalized spacial score (nSPS) is 15.5. The molecule has 16 heavy (non-hydrogen) atoms. The van der Waals surface area contributed by atoms with Crippen molar-refractivity contribution < 1.29 is 4.42 Å². The van der Waals surface area contributed by atoms with Crippen LogP contribution in [0.2, 0.25) is 0 Å². The van der Waals surface area contributed by atoms with Gasteiger partial charge in [0, 0.05) is 0 Å². The smallest absolute Gasteiger partial charge is 0.151 e. The van der Waals surface area contributed by atoms with Gasteiger partial charge in [-0.3, -0.25) is 0 Å². The van der Waals surface area contributed by atoms with E-state index in [-0.39, 0.29) is 0 Å². The first-order chi connectivity index (χ1) is 7.92. The lowest BCUT2D eigenvalue weighted by atomic mass is 10.4. The first kappa shape index (κ1) is 9.66. The number of aromatic nitrogens is 2. The van der Waals surface area contributed by atoms with Crippen LogP contribution in [0.4, 0.5) is 0 Å². The summed E-state index contributed by atoms with van der Waals surface area (Å²) < 4.78 is 5.29. The molecule has 0 atom stereocenters. The van der Waals surface area contributed by atoms with Crippen molar-refractivity contribution >= 4 is 0 Å². The lowest BCUT2D eigenvalue weighted by molar-refractivity contribution is 0.579. The zero-order valence-electron chi connectivity index (χ0n) is 9.07. The molecule has 1 aliphatic carbocycles. The summed E-state index contributed by atoms with van der Waals surface area (Å²) in [4.78, 5) is 7.55. The standard InChI is InChI=1S/C12H15N3O/c1-2-11(16-5-1)10-7-14-12(15-10)8-13-6-9-3-4-9/h1-2,5,7,9,13H,3-4,6,8H2,(H,14,15). The summed E-state index contributed by atoms with van der Waals surface area (Å²) in [6.07, 6.45) is 6.24. The largest absolute Gasteiger partial charge is 0.463 e. The fraction of sp³-hybridized carbons (Fsp3) is 0.417. The third-order valence-electron chi connectivity index (χ3n) is 2.84. The van der Waals surface area contributed by atoms with E-state index in [2.05, 4.69) is 15.3 Å². The van der Waals surface area contributed by atoms with Crippen LogP contribution in [0.1, 0.15) is 18.7 Å². The summed E-state index contributed by atoms with van der Waals surface area (Å²) in [5.74, 6) is 2.70. The van der Waals surface area contributed by atoms with Gasteiger partial charge in [-0.2, -0.15) is 0 Å². The number of aromatic amines is 1. The summed E-state index contributed by atoms with van der Waals surface area (Å²) in [6, 6.07) is 3.80. The summed E-state index contributed by atoms with van der Waals surface area (Å²) in [5.41, 5.74) is 0.938. The average Bonchev–Trinajstić information content (AvgIpc) is 2.83. The molecule has 0 aromatic carbocycles. The minimum absolute atomic E-state index is 0.803. The van der Waals surface area contributed by atoms with Crippen LogP contribution in [0.25, 0.3) is 11.5 Å². The fourth-order valence-electron chi connectivity index (χ4n) is 1.73. The van der Waals surface area contributed by atoms with Gasteiger partial charge in [-0.1, -0.05) is 0 Å². The van der Waals surface area contributed by atoms with Crippen molar-refractivity contribution in [2.75, 3.05) is 6.54 Å². The molecule has 1 aliphatic rings. The van der Waals surface area contributed by atoms with Crippen molar-refractivity contribution in [2.24, 2.45) is 5.92 Å². The van der Waals surface area contributed by atoms with E-state index >= 15 is 0 Å². The number of nitrogens with one attached hydrogen (secondary N) is 2. The molecular formula is C12H15N3O. The van der Waals surface area contributed by atoms with Gasteiger partial charge in [0.2, 0.25) is 0 Å². The molecule has 0 amide bonds. The molecule has 3 rings (SSSR count). The summed E-state index contributed by atoms with van der Waals surface area (Å²) in [6.45, 7) is 1.91. The van der Waals surface area contributed by atoms with Crippen LogP contribution in [0.15, 0.2) is 29.0 Å². The third-order valence-corrected chi connectivity index (χ3v) is 2.84. The van der Waals surface area contributed by atoms with Gasteiger partial charge >= 0.3 is 0 Å². The molecule has 1 saturated carbocycles. The summed E-state index contributed by atoms with van der Waals surface area (Å²) in [7, 11) is 0. The Bertz CT molecular complexity index is 443. The second kappa shape index (κ2) is 4.14. The van der Waals surface area contributed by atoms with Crippen LogP contribution in [-0.4, -0.2) is 16.5 Å². The quantitative estimate of drug-likeness (QED) is 0.807. The minimum atomic E-state index is 0.803. The molecule has 0 aliphatic heterocycles. The van der Waals surface area contributed by atoms with E-state index in [9.17, 15) is 0 Å². The molecular weight excluding hydrogens is 202 g/mol. The SMILES string of the molecule is c1coc(-c2cnc(CNCC3CC3)[nH]2)c1. The zero-order valence-corrected chi connectivity index (χ0v) is 9.07. The average molecular weight is 217 g/mol. The van der Waals surface area contributed by atoms with Crippen molar-refractivity contribution in [3.63, 3.8) is 0 Å². The lowest BCUT2D eigenvalue weighted by Crippen LogP contribution is -2.16. The van der Waals surface area contributed by atoms with E-state index in [0.717, 1.165) is 36.3 Å². The van der Waals surface area contributed by atoms with Gasteiger partial charge in [0.05, 0.1) is 19.0 Å². The minimum Gasteiger partial charge on any atom is -0.463 e. The van der Waals surface area contributed by atoms with Crippen LogP contribution in [0.3, 0.4) is 0 Å². The number of rotatable bonds is 5. The maximum Gasteiger partial charge on any atom is 0.151 e. The number of nitrogens with zero attached hydrogens (tertiary/aromatic N) is 1. The molecule has 4 nitrogen and oxygen atoms in total. The fourth-order valence-corrected chi connectivity index (χ4v) is 1.73. The summed E-state index contributed by atoms with van der Waals surface area (Å²) >= 11 is 0.